The van der Waals surface area contributed by atoms with Crippen molar-refractivity contribution >= 4 is 6.08 Å². The van der Waals surface area contributed by atoms with E-state index in [1.165, 1.54) is 81.2 Å². The standard InChI is InChI=1S/C40H40F6O/c1-3-5-7-8-26-10-12-27(13-11-26)28-14-16-29(17-15-28)31-19-21-34(36(42)22-31)32-23-37(43)39(38(44)24-32)40(45,46)47-33-20-18-30(9-6-4-2)35(41)25-33/h6,9,14-27H,3-5,7-8,10-13H2,1-2H3/b9-6+. The van der Waals surface area contributed by atoms with Crippen LogP contribution in [-0.4, -0.2) is 0 Å². The summed E-state index contributed by atoms with van der Waals surface area (Å²) in [6.45, 7) is 4.08. The Hall–Kier alpha value is -4.00. The predicted molar refractivity (Wildman–Crippen MR) is 176 cm³/mol. The van der Waals surface area contributed by atoms with E-state index in [0.717, 1.165) is 23.6 Å². The lowest BCUT2D eigenvalue weighted by molar-refractivity contribution is -0.189. The topological polar surface area (TPSA) is 9.23 Å². The molecule has 7 heteroatoms. The van der Waals surface area contributed by atoms with E-state index in [4.69, 9.17) is 0 Å². The zero-order chi connectivity index (χ0) is 33.6. The van der Waals surface area contributed by atoms with Crippen molar-refractivity contribution in [2.75, 3.05) is 0 Å². The van der Waals surface area contributed by atoms with E-state index in [0.29, 0.717) is 30.0 Å². The zero-order valence-corrected chi connectivity index (χ0v) is 26.8. The van der Waals surface area contributed by atoms with Gasteiger partial charge in [-0.15, -0.1) is 0 Å². The molecule has 248 valence electrons. The summed E-state index contributed by atoms with van der Waals surface area (Å²) in [5.74, 6) is -4.10. The van der Waals surface area contributed by atoms with Gasteiger partial charge in [-0.25, -0.2) is 17.6 Å². The third-order valence-electron chi connectivity index (χ3n) is 9.14. The normalized spacial score (nSPS) is 16.9. The molecule has 1 aliphatic carbocycles. The van der Waals surface area contributed by atoms with Crippen LogP contribution in [0, 0.1) is 29.2 Å². The van der Waals surface area contributed by atoms with Gasteiger partial charge in [-0.3, -0.25) is 0 Å². The summed E-state index contributed by atoms with van der Waals surface area (Å²) in [5.41, 5.74) is 0.755. The van der Waals surface area contributed by atoms with Gasteiger partial charge < -0.3 is 4.74 Å². The molecule has 0 radical (unpaired) electrons. The third-order valence-corrected chi connectivity index (χ3v) is 9.14. The molecule has 47 heavy (non-hydrogen) atoms. The van der Waals surface area contributed by atoms with E-state index in [1.807, 2.05) is 19.1 Å². The van der Waals surface area contributed by atoms with Gasteiger partial charge in [-0.05, 0) is 96.5 Å². The fourth-order valence-electron chi connectivity index (χ4n) is 6.50. The first kappa shape index (κ1) is 34.3. The van der Waals surface area contributed by atoms with Crippen molar-refractivity contribution in [2.24, 2.45) is 5.92 Å². The number of rotatable bonds is 12. The molecule has 0 saturated heterocycles. The van der Waals surface area contributed by atoms with Crippen LogP contribution in [0.4, 0.5) is 26.3 Å². The summed E-state index contributed by atoms with van der Waals surface area (Å²) in [4.78, 5) is 0. The number of ether oxygens (including phenoxy) is 1. The SMILES string of the molecule is CC/C=C/c1ccc(OC(F)(F)c2c(F)cc(-c3ccc(-c4ccc(C5CCC(CCCCC)CC5)cc4)cc3F)cc2F)cc1F. The van der Waals surface area contributed by atoms with Crippen LogP contribution < -0.4 is 4.74 Å². The minimum Gasteiger partial charge on any atom is -0.429 e. The highest BCUT2D eigenvalue weighted by Crippen LogP contribution is 2.40. The van der Waals surface area contributed by atoms with Gasteiger partial charge in [0.25, 0.3) is 0 Å². The van der Waals surface area contributed by atoms with E-state index in [2.05, 4.69) is 23.8 Å². The highest BCUT2D eigenvalue weighted by Gasteiger charge is 2.41. The van der Waals surface area contributed by atoms with Crippen molar-refractivity contribution in [3.05, 3.63) is 119 Å². The van der Waals surface area contributed by atoms with E-state index < -0.39 is 40.7 Å². The molecule has 0 spiro atoms. The van der Waals surface area contributed by atoms with Gasteiger partial charge in [0, 0.05) is 17.2 Å². The molecule has 1 aliphatic rings. The first-order valence-corrected chi connectivity index (χ1v) is 16.5. The second kappa shape index (κ2) is 15.3. The van der Waals surface area contributed by atoms with E-state index >= 15 is 13.2 Å². The average Bonchev–Trinajstić information content (AvgIpc) is 3.04. The molecule has 0 N–H and O–H groups in total. The number of allylic oxidation sites excluding steroid dienone is 1. The quantitative estimate of drug-likeness (QED) is 0.110. The van der Waals surface area contributed by atoms with Crippen LogP contribution in [0.25, 0.3) is 28.3 Å². The second-order valence-electron chi connectivity index (χ2n) is 12.5. The first-order valence-electron chi connectivity index (χ1n) is 16.5. The first-order chi connectivity index (χ1) is 22.6. The van der Waals surface area contributed by atoms with Crippen molar-refractivity contribution in [3.63, 3.8) is 0 Å². The number of hydrogen-bond acceptors (Lipinski definition) is 1. The maximum atomic E-state index is 15.3. The Morgan fingerprint density at radius 2 is 1.36 bits per heavy atom. The van der Waals surface area contributed by atoms with Gasteiger partial charge in [0.1, 0.15) is 34.6 Å². The molecule has 0 atom stereocenters. The molecule has 5 rings (SSSR count). The highest BCUT2D eigenvalue weighted by atomic mass is 19.3. The Balaban J connectivity index is 1.28. The molecule has 4 aromatic carbocycles. The number of alkyl halides is 2. The number of halogens is 6. The third kappa shape index (κ3) is 8.30. The molecule has 0 heterocycles. The summed E-state index contributed by atoms with van der Waals surface area (Å²) in [7, 11) is 0. The summed E-state index contributed by atoms with van der Waals surface area (Å²) in [6, 6.07) is 16.7. The maximum absolute atomic E-state index is 15.3. The van der Waals surface area contributed by atoms with Gasteiger partial charge in [0.2, 0.25) is 0 Å². The van der Waals surface area contributed by atoms with Gasteiger partial charge >= 0.3 is 6.11 Å². The molecule has 0 aromatic heterocycles. The van der Waals surface area contributed by atoms with Crippen LogP contribution in [0.2, 0.25) is 0 Å². The van der Waals surface area contributed by atoms with Crippen LogP contribution in [0.15, 0.2) is 78.9 Å². The summed E-state index contributed by atoms with van der Waals surface area (Å²) >= 11 is 0. The van der Waals surface area contributed by atoms with Crippen LogP contribution in [0.1, 0.15) is 94.2 Å². The van der Waals surface area contributed by atoms with Crippen molar-refractivity contribution < 1.29 is 31.1 Å². The zero-order valence-electron chi connectivity index (χ0n) is 26.8. The largest absolute Gasteiger partial charge is 0.432 e. The minimum absolute atomic E-state index is 0.146. The van der Waals surface area contributed by atoms with Crippen LogP contribution >= 0.6 is 0 Å². The van der Waals surface area contributed by atoms with E-state index in [-0.39, 0.29) is 16.7 Å². The van der Waals surface area contributed by atoms with E-state index in [1.54, 1.807) is 12.1 Å². The Labute approximate surface area is 273 Å². The molecule has 0 aliphatic heterocycles. The lowest BCUT2D eigenvalue weighted by atomic mass is 9.77. The number of hydrogen-bond donors (Lipinski definition) is 0. The highest BCUT2D eigenvalue weighted by molar-refractivity contribution is 5.71. The minimum atomic E-state index is -4.47. The Kier molecular flexibility index (Phi) is 11.2. The summed E-state index contributed by atoms with van der Waals surface area (Å²) in [6.07, 6.45) is 9.37. The average molecular weight is 651 g/mol. The molecular formula is C40H40F6O. The lowest BCUT2D eigenvalue weighted by Gasteiger charge is -2.29. The molecule has 0 bridgehead atoms. The smallest absolute Gasteiger partial charge is 0.429 e. The molecule has 0 unspecified atom stereocenters. The molecule has 1 saturated carbocycles. The Bertz CT molecular complexity index is 1660. The van der Waals surface area contributed by atoms with Crippen LogP contribution in [0.3, 0.4) is 0 Å². The Morgan fingerprint density at radius 1 is 0.702 bits per heavy atom. The maximum Gasteiger partial charge on any atom is 0.432 e. The van der Waals surface area contributed by atoms with Crippen LogP contribution in [0.5, 0.6) is 5.75 Å². The molecule has 4 aromatic rings. The number of benzene rings is 4. The fraction of sp³-hybridized carbons (Fsp3) is 0.350. The monoisotopic (exact) mass is 650 g/mol. The van der Waals surface area contributed by atoms with Gasteiger partial charge in [-0.1, -0.05) is 88.1 Å². The van der Waals surface area contributed by atoms with Gasteiger partial charge in [0.05, 0.1) is 0 Å². The summed E-state index contributed by atoms with van der Waals surface area (Å²) < 4.78 is 94.2. The van der Waals surface area contributed by atoms with Crippen molar-refractivity contribution in [1.29, 1.82) is 0 Å². The Morgan fingerprint density at radius 3 is 1.98 bits per heavy atom. The lowest BCUT2D eigenvalue weighted by Crippen LogP contribution is -2.25. The predicted octanol–water partition coefficient (Wildman–Crippen LogP) is 13.0. The summed E-state index contributed by atoms with van der Waals surface area (Å²) in [5, 5.41) is 0. The van der Waals surface area contributed by atoms with Gasteiger partial charge in [-0.2, -0.15) is 8.78 Å². The van der Waals surface area contributed by atoms with Crippen molar-refractivity contribution in [2.45, 2.75) is 83.7 Å². The van der Waals surface area contributed by atoms with Gasteiger partial charge in [0.15, 0.2) is 0 Å². The number of unbranched alkanes of at least 4 members (excludes halogenated alkanes) is 2. The second-order valence-corrected chi connectivity index (χ2v) is 12.5. The van der Waals surface area contributed by atoms with Crippen LogP contribution in [-0.2, 0) is 6.11 Å². The molecule has 0 amide bonds. The van der Waals surface area contributed by atoms with Crippen molar-refractivity contribution in [1.82, 2.24) is 0 Å². The van der Waals surface area contributed by atoms with Crippen molar-refractivity contribution in [3.8, 4) is 28.0 Å². The fourth-order valence-corrected chi connectivity index (χ4v) is 6.50. The molecule has 1 nitrogen and oxygen atoms in total. The molecule has 1 fully saturated rings. The van der Waals surface area contributed by atoms with E-state index in [9.17, 15) is 13.2 Å². The molecular weight excluding hydrogens is 610 g/mol.